The van der Waals surface area contributed by atoms with E-state index in [4.69, 9.17) is 11.6 Å². The third-order valence-electron chi connectivity index (χ3n) is 5.07. The molecule has 4 aromatic rings. The van der Waals surface area contributed by atoms with E-state index in [9.17, 15) is 13.2 Å². The Labute approximate surface area is 195 Å². The number of rotatable bonds is 6. The molecule has 32 heavy (non-hydrogen) atoms. The maximum Gasteiger partial charge on any atom is 0.244 e. The molecule has 0 aliphatic carbocycles. The Balaban J connectivity index is 1.70. The molecular weight excluding hydrogens is 466 g/mol. The van der Waals surface area contributed by atoms with E-state index < -0.39 is 21.5 Å². The number of halogens is 1. The van der Waals surface area contributed by atoms with Gasteiger partial charge in [0.15, 0.2) is 15.0 Å². The zero-order valence-corrected chi connectivity index (χ0v) is 19.8. The van der Waals surface area contributed by atoms with E-state index >= 15 is 0 Å². The number of nitrogens with zero attached hydrogens (tertiary/aromatic N) is 3. The first kappa shape index (κ1) is 22.4. The van der Waals surface area contributed by atoms with Crippen LogP contribution < -0.4 is 4.90 Å². The number of fused-ring (bicyclic) bond motifs is 1. The zero-order valence-electron chi connectivity index (χ0n) is 17.4. The number of amides is 1. The fraction of sp³-hybridized carbons (Fsp3) is 0.174. The molecule has 0 saturated heterocycles. The van der Waals surface area contributed by atoms with E-state index in [1.807, 2.05) is 32.0 Å². The van der Waals surface area contributed by atoms with E-state index in [0.29, 0.717) is 10.2 Å². The average Bonchev–Trinajstić information content (AvgIpc) is 3.15. The molecule has 2 heterocycles. The molecule has 0 radical (unpaired) electrons. The molecule has 4 rings (SSSR count). The lowest BCUT2D eigenvalue weighted by Gasteiger charge is -2.20. The van der Waals surface area contributed by atoms with Crippen LogP contribution in [0.4, 0.5) is 5.13 Å². The molecule has 0 spiro atoms. The summed E-state index contributed by atoms with van der Waals surface area (Å²) in [5.74, 6) is -1.24. The van der Waals surface area contributed by atoms with Gasteiger partial charge in [-0.15, -0.1) is 0 Å². The van der Waals surface area contributed by atoms with Gasteiger partial charge in [0.2, 0.25) is 5.91 Å². The first-order valence-electron chi connectivity index (χ1n) is 9.78. The second-order valence-corrected chi connectivity index (χ2v) is 10.9. The standard InChI is InChI=1S/C23H20ClN3O3S2/c1-15-10-20-21(11-16(15)2)31-23(26-20)27(13-17-4-3-9-25-12-17)22(28)14-32(29,30)19-7-5-18(24)6-8-19/h3-12H,13-14H2,1-2H3. The molecule has 0 saturated carbocycles. The van der Waals surface area contributed by atoms with E-state index in [0.717, 1.165) is 26.9 Å². The highest BCUT2D eigenvalue weighted by Gasteiger charge is 2.27. The largest absolute Gasteiger partial charge is 0.283 e. The highest BCUT2D eigenvalue weighted by atomic mass is 35.5. The van der Waals surface area contributed by atoms with Crippen molar-refractivity contribution < 1.29 is 13.2 Å². The number of thiazole rings is 1. The van der Waals surface area contributed by atoms with Crippen molar-refractivity contribution in [1.82, 2.24) is 9.97 Å². The molecule has 0 unspecified atom stereocenters. The van der Waals surface area contributed by atoms with Crippen LogP contribution in [0.3, 0.4) is 0 Å². The number of anilines is 1. The fourth-order valence-electron chi connectivity index (χ4n) is 3.19. The summed E-state index contributed by atoms with van der Waals surface area (Å²) >= 11 is 7.23. The Morgan fingerprint density at radius 3 is 2.50 bits per heavy atom. The Morgan fingerprint density at radius 1 is 1.09 bits per heavy atom. The maximum absolute atomic E-state index is 13.3. The van der Waals surface area contributed by atoms with Crippen LogP contribution >= 0.6 is 22.9 Å². The van der Waals surface area contributed by atoms with Gasteiger partial charge in [-0.3, -0.25) is 14.7 Å². The molecule has 1 amide bonds. The van der Waals surface area contributed by atoms with E-state index in [1.165, 1.54) is 40.5 Å². The molecule has 9 heteroatoms. The number of hydrogen-bond donors (Lipinski definition) is 0. The second-order valence-electron chi connectivity index (χ2n) is 7.45. The number of sulfone groups is 1. The molecule has 0 atom stereocenters. The lowest BCUT2D eigenvalue weighted by Crippen LogP contribution is -2.35. The predicted molar refractivity (Wildman–Crippen MR) is 128 cm³/mol. The Morgan fingerprint density at radius 2 is 1.81 bits per heavy atom. The Kier molecular flexibility index (Phi) is 6.28. The van der Waals surface area contributed by atoms with Gasteiger partial charge in [-0.25, -0.2) is 13.4 Å². The monoisotopic (exact) mass is 485 g/mol. The van der Waals surface area contributed by atoms with Gasteiger partial charge in [0.25, 0.3) is 0 Å². The minimum Gasteiger partial charge on any atom is -0.283 e. The van der Waals surface area contributed by atoms with Crippen LogP contribution in [-0.2, 0) is 21.2 Å². The van der Waals surface area contributed by atoms with E-state index in [2.05, 4.69) is 9.97 Å². The summed E-state index contributed by atoms with van der Waals surface area (Å²) in [4.78, 5) is 23.5. The summed E-state index contributed by atoms with van der Waals surface area (Å²) in [5, 5.41) is 0.874. The third kappa shape index (κ3) is 4.82. The van der Waals surface area contributed by atoms with Gasteiger partial charge in [-0.1, -0.05) is 29.0 Å². The Bertz CT molecular complexity index is 1350. The predicted octanol–water partition coefficient (Wildman–Crippen LogP) is 4.97. The lowest BCUT2D eigenvalue weighted by molar-refractivity contribution is -0.116. The summed E-state index contributed by atoms with van der Waals surface area (Å²) < 4.78 is 26.7. The summed E-state index contributed by atoms with van der Waals surface area (Å²) in [6.45, 7) is 4.19. The smallest absolute Gasteiger partial charge is 0.244 e. The molecule has 2 aromatic heterocycles. The molecule has 2 aromatic carbocycles. The highest BCUT2D eigenvalue weighted by Crippen LogP contribution is 2.32. The molecule has 0 bridgehead atoms. The summed E-state index contributed by atoms with van der Waals surface area (Å²) in [6.07, 6.45) is 3.29. The number of aromatic nitrogens is 2. The van der Waals surface area contributed by atoms with Crippen LogP contribution in [0.5, 0.6) is 0 Å². The van der Waals surface area contributed by atoms with Crippen molar-refractivity contribution >= 4 is 54.0 Å². The summed E-state index contributed by atoms with van der Waals surface area (Å²) in [6, 6.07) is 13.4. The van der Waals surface area contributed by atoms with Gasteiger partial charge < -0.3 is 0 Å². The molecule has 0 N–H and O–H groups in total. The lowest BCUT2D eigenvalue weighted by atomic mass is 10.1. The van der Waals surface area contributed by atoms with Crippen molar-refractivity contribution in [3.8, 4) is 0 Å². The SMILES string of the molecule is Cc1cc2nc(N(Cc3cccnc3)C(=O)CS(=O)(=O)c3ccc(Cl)cc3)sc2cc1C. The van der Waals surface area contributed by atoms with Crippen molar-refractivity contribution in [2.24, 2.45) is 0 Å². The quantitative estimate of drug-likeness (QED) is 0.385. The normalized spacial score (nSPS) is 11.6. The van der Waals surface area contributed by atoms with Crippen molar-refractivity contribution in [3.05, 3.63) is 82.6 Å². The van der Waals surface area contributed by atoms with Crippen molar-refractivity contribution in [2.45, 2.75) is 25.3 Å². The van der Waals surface area contributed by atoms with Crippen molar-refractivity contribution in [1.29, 1.82) is 0 Å². The minimum absolute atomic E-state index is 0.0483. The topological polar surface area (TPSA) is 80.2 Å². The highest BCUT2D eigenvalue weighted by molar-refractivity contribution is 7.92. The van der Waals surface area contributed by atoms with Gasteiger partial charge >= 0.3 is 0 Å². The van der Waals surface area contributed by atoms with Crippen molar-refractivity contribution in [3.63, 3.8) is 0 Å². The van der Waals surface area contributed by atoms with Crippen LogP contribution in [0.1, 0.15) is 16.7 Å². The van der Waals surface area contributed by atoms with Crippen LogP contribution in [0, 0.1) is 13.8 Å². The molecule has 0 aliphatic rings. The molecule has 6 nitrogen and oxygen atoms in total. The van der Waals surface area contributed by atoms with Crippen molar-refractivity contribution in [2.75, 3.05) is 10.7 Å². The third-order valence-corrected chi connectivity index (χ3v) is 7.98. The average molecular weight is 486 g/mol. The number of aryl methyl sites for hydroxylation is 2. The van der Waals surface area contributed by atoms with Gasteiger partial charge in [0.05, 0.1) is 21.7 Å². The molecule has 0 aliphatic heterocycles. The molecule has 0 fully saturated rings. The van der Waals surface area contributed by atoms with E-state index in [-0.39, 0.29) is 11.4 Å². The van der Waals surface area contributed by atoms with E-state index in [1.54, 1.807) is 18.5 Å². The summed E-state index contributed by atoms with van der Waals surface area (Å²) in [5.41, 5.74) is 3.78. The maximum atomic E-state index is 13.3. The zero-order chi connectivity index (χ0) is 22.9. The first-order chi connectivity index (χ1) is 15.2. The molecular formula is C23H20ClN3O3S2. The number of pyridine rings is 1. The first-order valence-corrected chi connectivity index (χ1v) is 12.6. The van der Waals surface area contributed by atoms with Crippen LogP contribution in [0.15, 0.2) is 65.8 Å². The van der Waals surface area contributed by atoms with Crippen LogP contribution in [-0.4, -0.2) is 30.0 Å². The second kappa shape index (κ2) is 8.97. The summed E-state index contributed by atoms with van der Waals surface area (Å²) in [7, 11) is -3.85. The van der Waals surface area contributed by atoms with Gasteiger partial charge in [-0.2, -0.15) is 0 Å². The Hall–Kier alpha value is -2.81. The van der Waals surface area contributed by atoms with Crippen LogP contribution in [0.25, 0.3) is 10.2 Å². The number of hydrogen-bond acceptors (Lipinski definition) is 6. The number of carbonyl (C=O) groups is 1. The molecule has 164 valence electrons. The minimum atomic E-state index is -3.85. The van der Waals surface area contributed by atoms with Gasteiger partial charge in [0, 0.05) is 17.4 Å². The van der Waals surface area contributed by atoms with Crippen LogP contribution in [0.2, 0.25) is 5.02 Å². The number of carbonyl (C=O) groups excluding carboxylic acids is 1. The number of benzene rings is 2. The fourth-order valence-corrected chi connectivity index (χ4v) is 5.57. The van der Waals surface area contributed by atoms with Gasteiger partial charge in [-0.05, 0) is 73.0 Å². The van der Waals surface area contributed by atoms with Gasteiger partial charge in [0.1, 0.15) is 5.75 Å².